The lowest BCUT2D eigenvalue weighted by molar-refractivity contribution is -0.385. The summed E-state index contributed by atoms with van der Waals surface area (Å²) in [4.78, 5) is 26.6. The van der Waals surface area contributed by atoms with Gasteiger partial charge in [-0.2, -0.15) is 0 Å². The third kappa shape index (κ3) is 1.82. The number of pyridine rings is 1. The van der Waals surface area contributed by atoms with Crippen LogP contribution in [0.2, 0.25) is 0 Å². The number of aromatic nitrogens is 1. The van der Waals surface area contributed by atoms with Crippen LogP contribution in [0.5, 0.6) is 0 Å². The largest absolute Gasteiger partial charge is 0.397 e. The molecule has 74 valence electrons. The number of nitro groups is 1. The van der Waals surface area contributed by atoms with Crippen molar-refractivity contribution in [2.45, 2.75) is 6.92 Å². The van der Waals surface area contributed by atoms with E-state index in [1.165, 1.54) is 6.92 Å². The zero-order valence-corrected chi connectivity index (χ0v) is 7.06. The fourth-order valence-electron chi connectivity index (χ4n) is 0.891. The molecule has 0 aliphatic rings. The normalized spacial score (nSPS) is 9.57. The van der Waals surface area contributed by atoms with Gasteiger partial charge in [-0.3, -0.25) is 10.1 Å². The first-order chi connectivity index (χ1) is 6.56. The van der Waals surface area contributed by atoms with E-state index in [4.69, 9.17) is 0 Å². The van der Waals surface area contributed by atoms with Crippen LogP contribution in [0.1, 0.15) is 16.1 Å². The Labute approximate surface area is 77.4 Å². The van der Waals surface area contributed by atoms with E-state index in [0.29, 0.717) is 0 Å². The topological polar surface area (TPSA) is 82.3 Å². The molecule has 0 aromatic carbocycles. The molecule has 1 aromatic rings. The van der Waals surface area contributed by atoms with Crippen molar-refractivity contribution in [3.05, 3.63) is 33.6 Å². The number of halogens is 1. The van der Waals surface area contributed by atoms with E-state index in [2.05, 4.69) is 9.93 Å². The second kappa shape index (κ2) is 3.77. The van der Waals surface area contributed by atoms with E-state index in [9.17, 15) is 19.4 Å². The van der Waals surface area contributed by atoms with Crippen molar-refractivity contribution in [3.63, 3.8) is 0 Å². The summed E-state index contributed by atoms with van der Waals surface area (Å²) >= 11 is 0. The maximum Gasteiger partial charge on any atom is 0.397 e. The standard InChI is InChI=1S/C7H5FN2O4/c1-4-2-5(7(11)14-8)9-3-6(4)10(12)13/h2-3H,1H3. The highest BCUT2D eigenvalue weighted by molar-refractivity contribution is 5.87. The molecule has 0 saturated carbocycles. The summed E-state index contributed by atoms with van der Waals surface area (Å²) in [6, 6.07) is 1.08. The third-order valence-corrected chi connectivity index (χ3v) is 1.56. The Balaban J connectivity index is 3.12. The highest BCUT2D eigenvalue weighted by Gasteiger charge is 2.16. The first kappa shape index (κ1) is 10.0. The quantitative estimate of drug-likeness (QED) is 0.531. The summed E-state index contributed by atoms with van der Waals surface area (Å²) in [7, 11) is 0. The van der Waals surface area contributed by atoms with Crippen LogP contribution in [-0.2, 0) is 4.94 Å². The predicted molar refractivity (Wildman–Crippen MR) is 42.2 cm³/mol. The average molecular weight is 200 g/mol. The molecule has 0 unspecified atom stereocenters. The lowest BCUT2D eigenvalue weighted by atomic mass is 10.2. The van der Waals surface area contributed by atoms with Gasteiger partial charge in [-0.25, -0.2) is 14.7 Å². The lowest BCUT2D eigenvalue weighted by Crippen LogP contribution is -2.04. The molecule has 1 heterocycles. The van der Waals surface area contributed by atoms with Crippen LogP contribution >= 0.6 is 0 Å². The van der Waals surface area contributed by atoms with Gasteiger partial charge < -0.3 is 0 Å². The molecule has 6 nitrogen and oxygen atoms in total. The number of aryl methyl sites for hydroxylation is 1. The minimum atomic E-state index is -1.28. The summed E-state index contributed by atoms with van der Waals surface area (Å²) in [5.74, 6) is -1.28. The van der Waals surface area contributed by atoms with E-state index in [1.54, 1.807) is 0 Å². The molecule has 0 radical (unpaired) electrons. The van der Waals surface area contributed by atoms with Crippen LogP contribution in [0.4, 0.5) is 10.2 Å². The van der Waals surface area contributed by atoms with Crippen LogP contribution in [-0.4, -0.2) is 15.9 Å². The second-order valence-electron chi connectivity index (χ2n) is 2.48. The van der Waals surface area contributed by atoms with Crippen LogP contribution in [0.15, 0.2) is 12.3 Å². The van der Waals surface area contributed by atoms with E-state index >= 15 is 0 Å². The molecule has 0 fully saturated rings. The zero-order chi connectivity index (χ0) is 10.7. The van der Waals surface area contributed by atoms with Crippen LogP contribution in [0.25, 0.3) is 0 Å². The van der Waals surface area contributed by atoms with Gasteiger partial charge in [-0.15, -0.1) is 0 Å². The number of hydrogen-bond acceptors (Lipinski definition) is 5. The third-order valence-electron chi connectivity index (χ3n) is 1.56. The molecular weight excluding hydrogens is 195 g/mol. The SMILES string of the molecule is Cc1cc(C(=O)OF)ncc1[N+](=O)[O-]. The number of rotatable bonds is 2. The van der Waals surface area contributed by atoms with Crippen molar-refractivity contribution in [3.8, 4) is 0 Å². The van der Waals surface area contributed by atoms with Gasteiger partial charge in [0.25, 0.3) is 5.69 Å². The number of nitrogens with zero attached hydrogens (tertiary/aromatic N) is 2. The van der Waals surface area contributed by atoms with E-state index in [-0.39, 0.29) is 16.9 Å². The molecular formula is C7H5FN2O4. The lowest BCUT2D eigenvalue weighted by Gasteiger charge is -1.97. The Kier molecular flexibility index (Phi) is 2.70. The molecule has 0 aliphatic heterocycles. The van der Waals surface area contributed by atoms with Gasteiger partial charge in [0, 0.05) is 10.1 Å². The van der Waals surface area contributed by atoms with Crippen LogP contribution < -0.4 is 0 Å². The molecule has 0 N–H and O–H groups in total. The smallest absolute Gasteiger partial charge is 0.258 e. The molecule has 7 heteroatoms. The minimum Gasteiger partial charge on any atom is -0.258 e. The van der Waals surface area contributed by atoms with Crippen molar-refractivity contribution < 1.29 is 19.2 Å². The van der Waals surface area contributed by atoms with Crippen molar-refractivity contribution >= 4 is 11.7 Å². The maximum absolute atomic E-state index is 11.4. The van der Waals surface area contributed by atoms with E-state index < -0.39 is 10.9 Å². The van der Waals surface area contributed by atoms with Crippen LogP contribution in [0.3, 0.4) is 0 Å². The second-order valence-corrected chi connectivity index (χ2v) is 2.48. The maximum atomic E-state index is 11.4. The van der Waals surface area contributed by atoms with Crippen molar-refractivity contribution in [2.75, 3.05) is 0 Å². The zero-order valence-electron chi connectivity index (χ0n) is 7.06. The van der Waals surface area contributed by atoms with E-state index in [0.717, 1.165) is 12.3 Å². The molecule has 0 amide bonds. The monoisotopic (exact) mass is 200 g/mol. The Morgan fingerprint density at radius 3 is 2.79 bits per heavy atom. The van der Waals surface area contributed by atoms with Crippen molar-refractivity contribution in [2.24, 2.45) is 0 Å². The van der Waals surface area contributed by atoms with Crippen molar-refractivity contribution in [1.29, 1.82) is 0 Å². The van der Waals surface area contributed by atoms with Gasteiger partial charge in [-0.1, -0.05) is 0 Å². The van der Waals surface area contributed by atoms with Gasteiger partial charge in [0.2, 0.25) is 0 Å². The fourth-order valence-corrected chi connectivity index (χ4v) is 0.891. The molecule has 0 saturated heterocycles. The summed E-state index contributed by atoms with van der Waals surface area (Å²) in [5.41, 5.74) is -0.332. The Morgan fingerprint density at radius 1 is 1.71 bits per heavy atom. The molecule has 1 aromatic heterocycles. The fraction of sp³-hybridized carbons (Fsp3) is 0.143. The molecule has 0 bridgehead atoms. The van der Waals surface area contributed by atoms with Gasteiger partial charge in [0.05, 0.1) is 4.92 Å². The predicted octanol–water partition coefficient (Wildman–Crippen LogP) is 1.34. The van der Waals surface area contributed by atoms with Gasteiger partial charge in [0.1, 0.15) is 6.20 Å². The number of hydrogen-bond donors (Lipinski definition) is 0. The highest BCUT2D eigenvalue weighted by atomic mass is 19.3. The Bertz CT molecular complexity index is 393. The van der Waals surface area contributed by atoms with Gasteiger partial charge in [0.15, 0.2) is 5.69 Å². The first-order valence-corrected chi connectivity index (χ1v) is 3.50. The van der Waals surface area contributed by atoms with Gasteiger partial charge >= 0.3 is 5.97 Å². The summed E-state index contributed by atoms with van der Waals surface area (Å²) in [6.07, 6.45) is 0.877. The van der Waals surface area contributed by atoms with Crippen molar-refractivity contribution in [1.82, 2.24) is 4.98 Å². The first-order valence-electron chi connectivity index (χ1n) is 3.50. The molecule has 0 atom stereocenters. The molecule has 14 heavy (non-hydrogen) atoms. The van der Waals surface area contributed by atoms with Gasteiger partial charge in [-0.05, 0) is 13.0 Å². The summed E-state index contributed by atoms with van der Waals surface area (Å²) < 4.78 is 11.4. The summed E-state index contributed by atoms with van der Waals surface area (Å²) in [5, 5.41) is 10.3. The number of carbonyl (C=O) groups excluding carboxylic acids is 1. The summed E-state index contributed by atoms with van der Waals surface area (Å²) in [6.45, 7) is 1.41. The minimum absolute atomic E-state index is 0.213. The molecule has 0 spiro atoms. The molecule has 1 rings (SSSR count). The highest BCUT2D eigenvalue weighted by Crippen LogP contribution is 2.16. The number of carbonyl (C=O) groups is 1. The molecule has 0 aliphatic carbocycles. The van der Waals surface area contributed by atoms with Crippen LogP contribution in [0, 0.1) is 17.0 Å². The van der Waals surface area contributed by atoms with E-state index in [1.807, 2.05) is 0 Å². The Morgan fingerprint density at radius 2 is 2.36 bits per heavy atom. The Hall–Kier alpha value is -2.05. The average Bonchev–Trinajstić information content (AvgIpc) is 2.15.